The van der Waals surface area contributed by atoms with Crippen molar-refractivity contribution >= 4 is 41.2 Å². The van der Waals surface area contributed by atoms with E-state index in [1.54, 1.807) is 31.7 Å². The number of ether oxygens (including phenoxy) is 2. The Labute approximate surface area is 225 Å². The van der Waals surface area contributed by atoms with Crippen LogP contribution < -0.4 is 4.72 Å². The fourth-order valence-corrected chi connectivity index (χ4v) is 6.66. The number of carbonyl (C=O) groups excluding carboxylic acids is 1. The maximum absolute atomic E-state index is 14.4. The quantitative estimate of drug-likeness (QED) is 0.231. The lowest BCUT2D eigenvalue weighted by atomic mass is 9.83. The van der Waals surface area contributed by atoms with Gasteiger partial charge in [0.15, 0.2) is 10.6 Å². The fraction of sp³-hybridized carbons (Fsp3) is 0.480. The second-order valence-corrected chi connectivity index (χ2v) is 12.5. The maximum Gasteiger partial charge on any atom is 0.410 e. The van der Waals surface area contributed by atoms with E-state index in [9.17, 15) is 22.4 Å². The predicted molar refractivity (Wildman–Crippen MR) is 133 cm³/mol. The Kier molecular flexibility index (Phi) is 6.47. The van der Waals surface area contributed by atoms with E-state index in [-0.39, 0.29) is 12.0 Å². The number of alkyl halides is 3. The van der Waals surface area contributed by atoms with Gasteiger partial charge in [-0.05, 0) is 61.6 Å². The van der Waals surface area contributed by atoms with Gasteiger partial charge in [0.05, 0.1) is 29.7 Å². The van der Waals surface area contributed by atoms with Crippen molar-refractivity contribution in [2.75, 3.05) is 13.1 Å². The van der Waals surface area contributed by atoms with E-state index in [1.807, 2.05) is 12.1 Å². The Morgan fingerprint density at radius 3 is 2.41 bits per heavy atom. The minimum Gasteiger partial charge on any atom is -0.444 e. The zero-order chi connectivity index (χ0) is 27.0. The molecule has 2 saturated heterocycles. The van der Waals surface area contributed by atoms with Crippen LogP contribution in [0.2, 0.25) is 10.0 Å². The average molecular weight is 579 g/mol. The lowest BCUT2D eigenvalue weighted by Crippen LogP contribution is -2.61. The highest BCUT2D eigenvalue weighted by atomic mass is 35.5. The van der Waals surface area contributed by atoms with Crippen LogP contribution in [0.25, 0.3) is 0 Å². The fourth-order valence-electron chi connectivity index (χ4n) is 5.01. The van der Waals surface area contributed by atoms with E-state index in [2.05, 4.69) is 4.72 Å². The van der Waals surface area contributed by atoms with Crippen molar-refractivity contribution < 1.29 is 31.8 Å². The molecule has 1 N–H and O–H groups in total. The smallest absolute Gasteiger partial charge is 0.410 e. The maximum atomic E-state index is 14.4. The average Bonchev–Trinajstić information content (AvgIpc) is 3.37. The number of amides is 1. The molecule has 0 radical (unpaired) electrons. The number of hydrogen-bond donors (Lipinski definition) is 1. The van der Waals surface area contributed by atoms with Gasteiger partial charge in [-0.25, -0.2) is 9.18 Å². The number of likely N-dealkylation sites (tertiary alicyclic amines) is 1. The van der Waals surface area contributed by atoms with Crippen molar-refractivity contribution in [1.82, 2.24) is 9.62 Å². The Morgan fingerprint density at radius 1 is 1.16 bits per heavy atom. The summed E-state index contributed by atoms with van der Waals surface area (Å²) in [6.07, 6.45) is -5.41. The summed E-state index contributed by atoms with van der Waals surface area (Å²) in [5.74, 6) is -0.953. The van der Waals surface area contributed by atoms with Crippen molar-refractivity contribution in [3.8, 4) is 0 Å². The number of hydrogen-bond acceptors (Lipinski definition) is 5. The molecule has 0 aliphatic carbocycles. The molecule has 3 aliphatic heterocycles. The van der Waals surface area contributed by atoms with Gasteiger partial charge in [-0.15, -0.1) is 0 Å². The lowest BCUT2D eigenvalue weighted by Gasteiger charge is -2.47. The summed E-state index contributed by atoms with van der Waals surface area (Å²) in [4.78, 5) is 13.9. The van der Waals surface area contributed by atoms with Crippen LogP contribution in [0.5, 0.6) is 0 Å². The number of fused-ring (bicyclic) bond motifs is 2. The molecule has 3 aliphatic rings. The highest BCUT2D eigenvalue weighted by molar-refractivity contribution is 7.98. The van der Waals surface area contributed by atoms with Crippen LogP contribution in [-0.4, -0.2) is 35.9 Å². The summed E-state index contributed by atoms with van der Waals surface area (Å²) in [6.45, 7) is 6.37. The number of benzene rings is 2. The second kappa shape index (κ2) is 8.91. The van der Waals surface area contributed by atoms with Crippen LogP contribution in [-0.2, 0) is 26.4 Å². The molecule has 2 atom stereocenters. The van der Waals surface area contributed by atoms with Gasteiger partial charge in [0.2, 0.25) is 0 Å². The molecule has 1 spiro atoms. The van der Waals surface area contributed by atoms with Crippen molar-refractivity contribution in [3.63, 3.8) is 0 Å². The molecule has 200 valence electrons. The van der Waals surface area contributed by atoms with E-state index in [4.69, 9.17) is 32.7 Å². The molecular formula is C25H24Cl2F4N2O3S. The molecule has 5 nitrogen and oxygen atoms in total. The first-order valence-electron chi connectivity index (χ1n) is 11.5. The van der Waals surface area contributed by atoms with Gasteiger partial charge in [0.1, 0.15) is 11.2 Å². The zero-order valence-electron chi connectivity index (χ0n) is 20.1. The van der Waals surface area contributed by atoms with Crippen molar-refractivity contribution in [2.45, 2.75) is 62.0 Å². The SMILES string of the molecule is CC(C)(C)OC(=O)N1CC2(C1)OCc1cc(C3CC(c4cc(Cl)c(F)c(Cl)c4)(C(F)(F)F)SN3)ccc12. The van der Waals surface area contributed by atoms with Crippen LogP contribution in [0.15, 0.2) is 30.3 Å². The summed E-state index contributed by atoms with van der Waals surface area (Å²) in [5, 5.41) is -0.924. The van der Waals surface area contributed by atoms with Crippen LogP contribution >= 0.6 is 35.1 Å². The van der Waals surface area contributed by atoms with Crippen LogP contribution in [0, 0.1) is 5.82 Å². The monoisotopic (exact) mass is 578 g/mol. The standard InChI is InChI=1S/C25H24Cl2F4N2O3S/c1-22(2,3)36-21(34)33-11-23(12-33)16-5-4-13(6-14(16)10-35-23)19-9-24(37-32-19,25(29,30)31)15-7-17(26)20(28)18(27)8-15/h4-8,19,32H,9-12H2,1-3H3. The zero-order valence-corrected chi connectivity index (χ0v) is 22.5. The Hall–Kier alpha value is -1.72. The molecule has 2 aromatic carbocycles. The second-order valence-electron chi connectivity index (χ2n) is 10.6. The Morgan fingerprint density at radius 2 is 1.81 bits per heavy atom. The van der Waals surface area contributed by atoms with E-state index in [0.29, 0.717) is 37.2 Å². The predicted octanol–water partition coefficient (Wildman–Crippen LogP) is 7.25. The van der Waals surface area contributed by atoms with Gasteiger partial charge in [-0.3, -0.25) is 4.72 Å². The topological polar surface area (TPSA) is 50.8 Å². The largest absolute Gasteiger partial charge is 0.444 e. The van der Waals surface area contributed by atoms with Gasteiger partial charge < -0.3 is 14.4 Å². The van der Waals surface area contributed by atoms with Crippen LogP contribution in [0.4, 0.5) is 22.4 Å². The molecule has 0 saturated carbocycles. The molecule has 1 amide bonds. The van der Waals surface area contributed by atoms with Gasteiger partial charge in [-0.2, -0.15) is 13.2 Å². The molecule has 37 heavy (non-hydrogen) atoms. The molecule has 2 unspecified atom stereocenters. The van der Waals surface area contributed by atoms with Gasteiger partial charge in [0, 0.05) is 6.04 Å². The molecule has 12 heteroatoms. The molecule has 3 heterocycles. The summed E-state index contributed by atoms with van der Waals surface area (Å²) < 4.78 is 69.2. The van der Waals surface area contributed by atoms with Crippen molar-refractivity contribution in [3.05, 3.63) is 68.4 Å². The Balaban J connectivity index is 1.37. The molecule has 0 bridgehead atoms. The summed E-state index contributed by atoms with van der Waals surface area (Å²) in [5.41, 5.74) is 0.995. The highest BCUT2D eigenvalue weighted by Gasteiger charge is 2.61. The number of rotatable bonds is 2. The number of carbonyl (C=O) groups is 1. The van der Waals surface area contributed by atoms with E-state index < -0.39 is 50.1 Å². The molecule has 0 aromatic heterocycles. The third-order valence-electron chi connectivity index (χ3n) is 6.85. The van der Waals surface area contributed by atoms with Crippen molar-refractivity contribution in [1.29, 1.82) is 0 Å². The molecule has 5 rings (SSSR count). The summed E-state index contributed by atoms with van der Waals surface area (Å²) >= 11 is 12.2. The molecular weight excluding hydrogens is 555 g/mol. The first kappa shape index (κ1) is 26.9. The van der Waals surface area contributed by atoms with E-state index >= 15 is 0 Å². The summed E-state index contributed by atoms with van der Waals surface area (Å²) in [7, 11) is 0. The number of halogens is 6. The number of nitrogens with one attached hydrogen (secondary N) is 1. The van der Waals surface area contributed by atoms with Gasteiger partial charge >= 0.3 is 12.3 Å². The van der Waals surface area contributed by atoms with E-state index in [1.165, 1.54) is 0 Å². The van der Waals surface area contributed by atoms with Crippen LogP contribution in [0.3, 0.4) is 0 Å². The lowest BCUT2D eigenvalue weighted by molar-refractivity contribution is -0.163. The third-order valence-corrected chi connectivity index (χ3v) is 8.78. The number of nitrogens with zero attached hydrogens (tertiary/aromatic N) is 1. The van der Waals surface area contributed by atoms with Crippen LogP contribution in [0.1, 0.15) is 55.5 Å². The third kappa shape index (κ3) is 4.58. The van der Waals surface area contributed by atoms with Gasteiger partial charge in [0.25, 0.3) is 0 Å². The molecule has 2 fully saturated rings. The first-order valence-corrected chi connectivity index (χ1v) is 13.1. The Bertz CT molecular complexity index is 1240. The first-order chi connectivity index (χ1) is 17.1. The minimum atomic E-state index is -4.66. The normalized spacial score (nSPS) is 24.8. The summed E-state index contributed by atoms with van der Waals surface area (Å²) in [6, 6.07) is 6.81. The van der Waals surface area contributed by atoms with E-state index in [0.717, 1.165) is 23.3 Å². The molecule has 2 aromatic rings. The highest BCUT2D eigenvalue weighted by Crippen LogP contribution is 2.59. The van der Waals surface area contributed by atoms with Crippen molar-refractivity contribution in [2.24, 2.45) is 0 Å². The minimum absolute atomic E-state index is 0.212. The van der Waals surface area contributed by atoms with Gasteiger partial charge in [-0.1, -0.05) is 53.3 Å².